The lowest BCUT2D eigenvalue weighted by Gasteiger charge is -2.06. The molecule has 5 nitrogen and oxygen atoms in total. The van der Waals surface area contributed by atoms with Crippen LogP contribution in [0.4, 0.5) is 0 Å². The first-order chi connectivity index (χ1) is 10.7. The van der Waals surface area contributed by atoms with E-state index in [2.05, 4.69) is 10.3 Å². The van der Waals surface area contributed by atoms with Crippen molar-refractivity contribution in [3.05, 3.63) is 57.1 Å². The molecule has 0 aliphatic rings. The number of fused-ring (bicyclic) bond motifs is 1. The van der Waals surface area contributed by atoms with Gasteiger partial charge in [0.2, 0.25) is 5.91 Å². The zero-order valence-corrected chi connectivity index (χ0v) is 12.9. The maximum atomic E-state index is 11.9. The quantitative estimate of drug-likeness (QED) is 0.732. The van der Waals surface area contributed by atoms with Gasteiger partial charge in [0.05, 0.1) is 11.0 Å². The molecule has 0 saturated carbocycles. The highest BCUT2D eigenvalue weighted by atomic mass is 32.1. The van der Waals surface area contributed by atoms with Gasteiger partial charge in [0.25, 0.3) is 0 Å². The number of carbonyl (C=O) groups excluding carboxylic acids is 1. The lowest BCUT2D eigenvalue weighted by atomic mass is 10.2. The minimum absolute atomic E-state index is 0.0151. The molecule has 0 aliphatic carbocycles. The van der Waals surface area contributed by atoms with Crippen LogP contribution in [0.2, 0.25) is 0 Å². The molecule has 3 rings (SSSR count). The fourth-order valence-electron chi connectivity index (χ4n) is 2.42. The summed E-state index contributed by atoms with van der Waals surface area (Å²) in [5.74, 6) is 0.0151. The van der Waals surface area contributed by atoms with Crippen molar-refractivity contribution in [2.45, 2.75) is 19.4 Å². The minimum atomic E-state index is -0.144. The van der Waals surface area contributed by atoms with E-state index in [4.69, 9.17) is 0 Å². The number of benzene rings is 1. The summed E-state index contributed by atoms with van der Waals surface area (Å²) in [4.78, 5) is 27.7. The summed E-state index contributed by atoms with van der Waals surface area (Å²) in [5, 5.41) is 4.88. The molecule has 2 N–H and O–H groups in total. The van der Waals surface area contributed by atoms with Gasteiger partial charge in [0.15, 0.2) is 0 Å². The molecule has 0 unspecified atom stereocenters. The van der Waals surface area contributed by atoms with Crippen LogP contribution in [0.15, 0.2) is 46.6 Å². The fourth-order valence-corrected chi connectivity index (χ4v) is 3.12. The van der Waals surface area contributed by atoms with Crippen LogP contribution in [-0.4, -0.2) is 22.0 Å². The van der Waals surface area contributed by atoms with Gasteiger partial charge in [-0.05, 0) is 30.0 Å². The zero-order chi connectivity index (χ0) is 15.4. The minimum Gasteiger partial charge on any atom is -0.354 e. The molecule has 0 aliphatic heterocycles. The first kappa shape index (κ1) is 14.6. The summed E-state index contributed by atoms with van der Waals surface area (Å²) in [6.07, 6.45) is 1.24. The van der Waals surface area contributed by atoms with Crippen molar-refractivity contribution in [3.8, 4) is 0 Å². The number of aromatic nitrogens is 2. The average molecular weight is 315 g/mol. The third-order valence-electron chi connectivity index (χ3n) is 3.52. The topological polar surface area (TPSA) is 66.9 Å². The normalized spacial score (nSPS) is 10.9. The van der Waals surface area contributed by atoms with Crippen molar-refractivity contribution in [1.82, 2.24) is 14.9 Å². The molecule has 0 atom stereocenters. The number of amides is 1. The van der Waals surface area contributed by atoms with E-state index >= 15 is 0 Å². The Morgan fingerprint density at radius 3 is 2.91 bits per heavy atom. The van der Waals surface area contributed by atoms with Crippen molar-refractivity contribution in [2.24, 2.45) is 0 Å². The Hall–Kier alpha value is -2.34. The summed E-state index contributed by atoms with van der Waals surface area (Å²) in [6, 6.07) is 11.6. The Bertz CT molecular complexity index is 817. The highest BCUT2D eigenvalue weighted by molar-refractivity contribution is 7.09. The number of hydrogen-bond donors (Lipinski definition) is 2. The van der Waals surface area contributed by atoms with E-state index in [1.54, 1.807) is 15.9 Å². The second-order valence-electron chi connectivity index (χ2n) is 5.03. The summed E-state index contributed by atoms with van der Waals surface area (Å²) >= 11 is 1.66. The van der Waals surface area contributed by atoms with Crippen LogP contribution in [0.5, 0.6) is 0 Å². The van der Waals surface area contributed by atoms with Gasteiger partial charge in [0.1, 0.15) is 0 Å². The van der Waals surface area contributed by atoms with Crippen LogP contribution < -0.4 is 11.0 Å². The molecule has 3 aromatic rings. The largest absolute Gasteiger partial charge is 0.354 e. The number of carbonyl (C=O) groups is 1. The van der Waals surface area contributed by atoms with E-state index < -0.39 is 0 Å². The maximum absolute atomic E-state index is 11.9. The predicted octanol–water partition coefficient (Wildman–Crippen LogP) is 2.14. The van der Waals surface area contributed by atoms with Gasteiger partial charge in [-0.3, -0.25) is 9.36 Å². The number of imidazole rings is 1. The predicted molar refractivity (Wildman–Crippen MR) is 88.2 cm³/mol. The van der Waals surface area contributed by atoms with Crippen molar-refractivity contribution in [2.75, 3.05) is 6.54 Å². The molecule has 0 spiro atoms. The standard InChI is InChI=1S/C16H17N3O2S/c20-15(8-7-12-4-3-11-22-12)17-9-10-19-14-6-2-1-5-13(14)18-16(19)21/h1-6,11H,7-10H2,(H,17,20)(H,18,21). The first-order valence-electron chi connectivity index (χ1n) is 7.20. The van der Waals surface area contributed by atoms with Crippen LogP contribution in [-0.2, 0) is 17.8 Å². The van der Waals surface area contributed by atoms with E-state index in [0.717, 1.165) is 17.5 Å². The molecule has 0 bridgehead atoms. The smallest absolute Gasteiger partial charge is 0.326 e. The molecule has 0 radical (unpaired) electrons. The van der Waals surface area contributed by atoms with Gasteiger partial charge in [-0.15, -0.1) is 11.3 Å². The van der Waals surface area contributed by atoms with Crippen LogP contribution in [0.3, 0.4) is 0 Å². The molecule has 0 fully saturated rings. The number of nitrogens with one attached hydrogen (secondary N) is 2. The molecule has 114 valence electrons. The van der Waals surface area contributed by atoms with Gasteiger partial charge in [0, 0.05) is 24.4 Å². The monoisotopic (exact) mass is 315 g/mol. The van der Waals surface area contributed by atoms with Crippen molar-refractivity contribution in [3.63, 3.8) is 0 Å². The molecule has 22 heavy (non-hydrogen) atoms. The Morgan fingerprint density at radius 1 is 1.23 bits per heavy atom. The van der Waals surface area contributed by atoms with E-state index in [-0.39, 0.29) is 11.6 Å². The maximum Gasteiger partial charge on any atom is 0.326 e. The van der Waals surface area contributed by atoms with E-state index in [1.165, 1.54) is 4.88 Å². The highest BCUT2D eigenvalue weighted by Gasteiger charge is 2.07. The molecular formula is C16H17N3O2S. The molecular weight excluding hydrogens is 298 g/mol. The molecule has 2 heterocycles. The second-order valence-corrected chi connectivity index (χ2v) is 6.06. The summed E-state index contributed by atoms with van der Waals surface area (Å²) < 4.78 is 1.65. The molecule has 6 heteroatoms. The summed E-state index contributed by atoms with van der Waals surface area (Å²) in [7, 11) is 0. The molecule has 1 aromatic carbocycles. The fraction of sp³-hybridized carbons (Fsp3) is 0.250. The van der Waals surface area contributed by atoms with Crippen LogP contribution in [0, 0.1) is 0 Å². The summed E-state index contributed by atoms with van der Waals surface area (Å²) in [6.45, 7) is 0.915. The highest BCUT2D eigenvalue weighted by Crippen LogP contribution is 2.11. The SMILES string of the molecule is O=C(CCc1cccs1)NCCn1c(=O)[nH]c2ccccc21. The van der Waals surface area contributed by atoms with Crippen molar-refractivity contribution < 1.29 is 4.79 Å². The Morgan fingerprint density at radius 2 is 2.09 bits per heavy atom. The van der Waals surface area contributed by atoms with E-state index in [0.29, 0.717) is 19.5 Å². The number of aromatic amines is 1. The second kappa shape index (κ2) is 6.62. The lowest BCUT2D eigenvalue weighted by molar-refractivity contribution is -0.121. The third kappa shape index (κ3) is 3.28. The Kier molecular flexibility index (Phi) is 4.39. The number of thiophene rings is 1. The third-order valence-corrected chi connectivity index (χ3v) is 4.45. The van der Waals surface area contributed by atoms with Crippen LogP contribution in [0.1, 0.15) is 11.3 Å². The zero-order valence-electron chi connectivity index (χ0n) is 12.0. The Labute approximate surface area is 131 Å². The Balaban J connectivity index is 1.53. The van der Waals surface area contributed by atoms with Crippen LogP contribution >= 0.6 is 11.3 Å². The molecule has 0 saturated heterocycles. The number of H-pyrrole nitrogens is 1. The van der Waals surface area contributed by atoms with E-state index in [1.807, 2.05) is 41.8 Å². The van der Waals surface area contributed by atoms with Gasteiger partial charge >= 0.3 is 5.69 Å². The van der Waals surface area contributed by atoms with E-state index in [9.17, 15) is 9.59 Å². The number of para-hydroxylation sites is 2. The van der Waals surface area contributed by atoms with Crippen LogP contribution in [0.25, 0.3) is 11.0 Å². The van der Waals surface area contributed by atoms with Crippen molar-refractivity contribution >= 4 is 28.3 Å². The number of rotatable bonds is 6. The van der Waals surface area contributed by atoms with Gasteiger partial charge in [-0.25, -0.2) is 4.79 Å². The summed E-state index contributed by atoms with van der Waals surface area (Å²) in [5.41, 5.74) is 1.53. The van der Waals surface area contributed by atoms with Gasteiger partial charge < -0.3 is 10.3 Å². The molecule has 1 amide bonds. The number of nitrogens with zero attached hydrogens (tertiary/aromatic N) is 1. The number of aryl methyl sites for hydroxylation is 1. The average Bonchev–Trinajstić information content (AvgIpc) is 3.13. The first-order valence-corrected chi connectivity index (χ1v) is 8.08. The molecule has 2 aromatic heterocycles. The van der Waals surface area contributed by atoms with Crippen molar-refractivity contribution in [1.29, 1.82) is 0 Å². The van der Waals surface area contributed by atoms with Gasteiger partial charge in [-0.2, -0.15) is 0 Å². The van der Waals surface area contributed by atoms with Gasteiger partial charge in [-0.1, -0.05) is 18.2 Å². The number of hydrogen-bond acceptors (Lipinski definition) is 3. The lowest BCUT2D eigenvalue weighted by Crippen LogP contribution is -2.30.